The van der Waals surface area contributed by atoms with Crippen molar-refractivity contribution in [3.8, 4) is 33.4 Å². The highest BCUT2D eigenvalue weighted by Gasteiger charge is 2.65. The minimum absolute atomic E-state index is 0.00131. The van der Waals surface area contributed by atoms with Crippen LogP contribution in [-0.2, 0) is 5.41 Å². The Labute approximate surface area is 307 Å². The molecule has 8 aromatic rings. The summed E-state index contributed by atoms with van der Waals surface area (Å²) in [4.78, 5) is 2.76. The predicted octanol–water partition coefficient (Wildman–Crippen LogP) is 14.4. The molecule has 2 atom stereocenters. The number of anilines is 2. The first kappa shape index (κ1) is 31.3. The van der Waals surface area contributed by atoms with Crippen molar-refractivity contribution in [1.82, 2.24) is 0 Å². The van der Waals surface area contributed by atoms with E-state index in [1.54, 1.807) is 0 Å². The van der Waals surface area contributed by atoms with Crippen molar-refractivity contribution in [2.24, 2.45) is 5.41 Å². The SMILES string of the molecule is CC(C)(C)C12CCCCC1(C)c1cc(-c3cc(-c4ccccc4)c4ccc5ccc(-c6ccccc6)c6ccc3c4c56)ccc1N2c1ccccc1. The predicted molar refractivity (Wildman–Crippen MR) is 223 cm³/mol. The molecule has 0 amide bonds. The summed E-state index contributed by atoms with van der Waals surface area (Å²) in [7, 11) is 0. The zero-order valence-electron chi connectivity index (χ0n) is 30.7. The van der Waals surface area contributed by atoms with E-state index in [1.807, 2.05) is 0 Å². The molecule has 1 fully saturated rings. The third-order valence-corrected chi connectivity index (χ3v) is 13.1. The first-order chi connectivity index (χ1) is 25.3. The topological polar surface area (TPSA) is 3.24 Å². The van der Waals surface area contributed by atoms with Gasteiger partial charge in [-0.15, -0.1) is 0 Å². The van der Waals surface area contributed by atoms with Gasteiger partial charge in [0.1, 0.15) is 0 Å². The highest BCUT2D eigenvalue weighted by Crippen LogP contribution is 2.66. The van der Waals surface area contributed by atoms with Crippen molar-refractivity contribution >= 4 is 43.7 Å². The van der Waals surface area contributed by atoms with Crippen LogP contribution in [-0.4, -0.2) is 5.54 Å². The normalized spacial score (nSPS) is 20.1. The number of para-hydroxylation sites is 1. The average molecular weight is 672 g/mol. The van der Waals surface area contributed by atoms with Crippen molar-refractivity contribution < 1.29 is 0 Å². The molecule has 0 saturated heterocycles. The second-order valence-corrected chi connectivity index (χ2v) is 16.6. The number of hydrogen-bond donors (Lipinski definition) is 0. The maximum atomic E-state index is 2.76. The van der Waals surface area contributed by atoms with Gasteiger partial charge < -0.3 is 4.90 Å². The smallest absolute Gasteiger partial charge is 0.0594 e. The van der Waals surface area contributed by atoms with Crippen LogP contribution in [0.15, 0.2) is 152 Å². The first-order valence-corrected chi connectivity index (χ1v) is 19.2. The van der Waals surface area contributed by atoms with Crippen LogP contribution in [0.3, 0.4) is 0 Å². The molecule has 1 saturated carbocycles. The maximum Gasteiger partial charge on any atom is 0.0594 e. The van der Waals surface area contributed by atoms with E-state index in [-0.39, 0.29) is 16.4 Å². The fourth-order valence-corrected chi connectivity index (χ4v) is 10.9. The molecule has 1 nitrogen and oxygen atoms in total. The Kier molecular flexibility index (Phi) is 6.81. The molecule has 2 unspecified atom stereocenters. The van der Waals surface area contributed by atoms with Crippen LogP contribution in [0.4, 0.5) is 11.4 Å². The minimum atomic E-state index is -0.0355. The number of rotatable bonds is 4. The van der Waals surface area contributed by atoms with Gasteiger partial charge >= 0.3 is 0 Å². The van der Waals surface area contributed by atoms with Crippen LogP contribution in [0, 0.1) is 5.41 Å². The molecule has 0 radical (unpaired) electrons. The standard InChI is InChI=1S/C51H45N/c1-49(2,3)51-31-15-14-30-50(51,4)45-32-37(24-29-46(45)52(51)38-20-12-7-13-21-38)44-33-43(35-18-10-6-11-19-35)41-26-23-36-22-25-39(34-16-8-5-9-17-34)40-27-28-42(44)48(41)47(36)40/h5-13,16-29,32-33H,14-15,30-31H2,1-4H3. The fraction of sp³-hybridized carbons (Fsp3) is 0.216. The van der Waals surface area contributed by atoms with Gasteiger partial charge in [0.15, 0.2) is 0 Å². The lowest BCUT2D eigenvalue weighted by Gasteiger charge is -2.59. The summed E-state index contributed by atoms with van der Waals surface area (Å²) in [5, 5.41) is 7.97. The van der Waals surface area contributed by atoms with Crippen molar-refractivity contribution in [3.63, 3.8) is 0 Å². The molecule has 8 aromatic carbocycles. The molecular formula is C51H45N. The van der Waals surface area contributed by atoms with Crippen LogP contribution >= 0.6 is 0 Å². The quantitative estimate of drug-likeness (QED) is 0.168. The minimum Gasteiger partial charge on any atom is -0.334 e. The molecule has 1 heterocycles. The van der Waals surface area contributed by atoms with Gasteiger partial charge in [0.25, 0.3) is 0 Å². The van der Waals surface area contributed by atoms with Gasteiger partial charge in [-0.05, 0) is 120 Å². The molecule has 0 aromatic heterocycles. The largest absolute Gasteiger partial charge is 0.334 e. The van der Waals surface area contributed by atoms with E-state index in [1.165, 1.54) is 108 Å². The van der Waals surface area contributed by atoms with Crippen LogP contribution in [0.5, 0.6) is 0 Å². The van der Waals surface area contributed by atoms with E-state index in [9.17, 15) is 0 Å². The molecule has 2 aliphatic rings. The summed E-state index contributed by atoms with van der Waals surface area (Å²) < 4.78 is 0. The van der Waals surface area contributed by atoms with E-state index < -0.39 is 0 Å². The van der Waals surface area contributed by atoms with Crippen molar-refractivity contribution in [2.45, 2.75) is 64.3 Å². The number of hydrogen-bond acceptors (Lipinski definition) is 1. The fourth-order valence-electron chi connectivity index (χ4n) is 10.9. The van der Waals surface area contributed by atoms with Gasteiger partial charge in [-0.1, -0.05) is 162 Å². The van der Waals surface area contributed by atoms with Gasteiger partial charge in [-0.25, -0.2) is 0 Å². The average Bonchev–Trinajstić information content (AvgIpc) is 3.43. The monoisotopic (exact) mass is 671 g/mol. The Morgan fingerprint density at radius 3 is 1.73 bits per heavy atom. The third-order valence-electron chi connectivity index (χ3n) is 13.1. The van der Waals surface area contributed by atoms with Crippen molar-refractivity contribution in [2.75, 3.05) is 4.90 Å². The lowest BCUT2D eigenvalue weighted by atomic mass is 9.52. The second kappa shape index (κ2) is 11.3. The Bertz CT molecular complexity index is 2610. The van der Waals surface area contributed by atoms with E-state index in [2.05, 4.69) is 184 Å². The Hall–Kier alpha value is -5.40. The number of nitrogens with zero attached hydrogens (tertiary/aromatic N) is 1. The Morgan fingerprint density at radius 1 is 0.500 bits per heavy atom. The van der Waals surface area contributed by atoms with Crippen molar-refractivity contribution in [1.29, 1.82) is 0 Å². The summed E-state index contributed by atoms with van der Waals surface area (Å²) in [6.07, 6.45) is 4.91. The van der Waals surface area contributed by atoms with Gasteiger partial charge in [-0.3, -0.25) is 0 Å². The van der Waals surface area contributed by atoms with Crippen molar-refractivity contribution in [3.05, 3.63) is 157 Å². The van der Waals surface area contributed by atoms with Gasteiger partial charge in [-0.2, -0.15) is 0 Å². The Balaban J connectivity index is 1.28. The van der Waals surface area contributed by atoms with Crippen LogP contribution in [0.2, 0.25) is 0 Å². The molecule has 254 valence electrons. The van der Waals surface area contributed by atoms with E-state index >= 15 is 0 Å². The van der Waals surface area contributed by atoms with E-state index in [0.29, 0.717) is 0 Å². The molecule has 10 rings (SSSR count). The molecule has 52 heavy (non-hydrogen) atoms. The molecule has 1 heteroatoms. The zero-order chi connectivity index (χ0) is 35.2. The summed E-state index contributed by atoms with van der Waals surface area (Å²) in [6.45, 7) is 10.0. The highest BCUT2D eigenvalue weighted by atomic mass is 15.3. The van der Waals surface area contributed by atoms with Crippen LogP contribution < -0.4 is 4.90 Å². The molecule has 0 spiro atoms. The summed E-state index contributed by atoms with van der Waals surface area (Å²) in [5.74, 6) is 0. The summed E-state index contributed by atoms with van der Waals surface area (Å²) in [5.41, 5.74) is 11.9. The molecule has 0 bridgehead atoms. The highest BCUT2D eigenvalue weighted by molar-refractivity contribution is 6.30. The number of benzene rings is 8. The third kappa shape index (κ3) is 4.23. The van der Waals surface area contributed by atoms with E-state index in [0.717, 1.165) is 0 Å². The molecular weight excluding hydrogens is 627 g/mol. The number of fused-ring (bicyclic) bond motifs is 3. The second-order valence-electron chi connectivity index (χ2n) is 16.6. The summed E-state index contributed by atoms with van der Waals surface area (Å²) >= 11 is 0. The molecule has 1 aliphatic heterocycles. The lowest BCUT2D eigenvalue weighted by molar-refractivity contribution is 0.0608. The first-order valence-electron chi connectivity index (χ1n) is 19.2. The van der Waals surface area contributed by atoms with Gasteiger partial charge in [0.2, 0.25) is 0 Å². The van der Waals surface area contributed by atoms with Crippen LogP contribution in [0.1, 0.15) is 58.9 Å². The van der Waals surface area contributed by atoms with E-state index in [4.69, 9.17) is 0 Å². The Morgan fingerprint density at radius 2 is 1.06 bits per heavy atom. The molecule has 1 aliphatic carbocycles. The molecule has 0 N–H and O–H groups in total. The van der Waals surface area contributed by atoms with Crippen LogP contribution in [0.25, 0.3) is 65.7 Å². The maximum absolute atomic E-state index is 2.76. The summed E-state index contributed by atoms with van der Waals surface area (Å²) in [6, 6.07) is 57.1. The van der Waals surface area contributed by atoms with Gasteiger partial charge in [0.05, 0.1) is 5.54 Å². The zero-order valence-corrected chi connectivity index (χ0v) is 30.7. The van der Waals surface area contributed by atoms with Gasteiger partial charge in [0, 0.05) is 16.8 Å². The lowest BCUT2D eigenvalue weighted by Crippen LogP contribution is -2.64.